The SMILES string of the molecule is Brc1cccc(C2(c3cccc(Br)c3)CC3c4ccccc4C2c2cccc[n+]23)c1. The lowest BCUT2D eigenvalue weighted by molar-refractivity contribution is -0.732. The molecule has 2 bridgehead atoms. The van der Waals surface area contributed by atoms with Crippen molar-refractivity contribution in [3.63, 3.8) is 0 Å². The molecule has 3 heterocycles. The van der Waals surface area contributed by atoms with Gasteiger partial charge in [-0.05, 0) is 41.0 Å². The van der Waals surface area contributed by atoms with Crippen molar-refractivity contribution < 1.29 is 4.57 Å². The van der Waals surface area contributed by atoms with Crippen molar-refractivity contribution in [2.75, 3.05) is 0 Å². The maximum absolute atomic E-state index is 3.74. The van der Waals surface area contributed by atoms with Gasteiger partial charge < -0.3 is 0 Å². The molecule has 3 heteroatoms. The molecule has 3 aromatic carbocycles. The van der Waals surface area contributed by atoms with Gasteiger partial charge in [0.15, 0.2) is 17.9 Å². The van der Waals surface area contributed by atoms with Gasteiger partial charge in [0.25, 0.3) is 0 Å². The lowest BCUT2D eigenvalue weighted by atomic mass is 9.53. The van der Waals surface area contributed by atoms with Crippen molar-refractivity contribution in [3.05, 3.63) is 134 Å². The molecule has 0 N–H and O–H groups in total. The molecule has 2 atom stereocenters. The fraction of sp³-hybridized carbons (Fsp3) is 0.148. The van der Waals surface area contributed by atoms with Gasteiger partial charge in [-0.2, -0.15) is 4.57 Å². The molecule has 0 saturated heterocycles. The molecule has 1 nitrogen and oxygen atoms in total. The highest BCUT2D eigenvalue weighted by molar-refractivity contribution is 9.10. The van der Waals surface area contributed by atoms with Crippen LogP contribution in [0.5, 0.6) is 0 Å². The number of fused-ring (bicyclic) bond motifs is 1. The summed E-state index contributed by atoms with van der Waals surface area (Å²) >= 11 is 7.48. The van der Waals surface area contributed by atoms with E-state index in [2.05, 4.69) is 134 Å². The maximum atomic E-state index is 3.74. The van der Waals surface area contributed by atoms with E-state index in [1.807, 2.05) is 0 Å². The van der Waals surface area contributed by atoms with Crippen LogP contribution in [-0.2, 0) is 5.41 Å². The summed E-state index contributed by atoms with van der Waals surface area (Å²) in [4.78, 5) is 0. The Bertz CT molecular complexity index is 1190. The van der Waals surface area contributed by atoms with E-state index in [0.29, 0.717) is 6.04 Å². The van der Waals surface area contributed by atoms with Crippen LogP contribution in [-0.4, -0.2) is 0 Å². The number of halogens is 2. The van der Waals surface area contributed by atoms with Crippen molar-refractivity contribution in [1.29, 1.82) is 0 Å². The normalized spacial score (nSPS) is 20.5. The van der Waals surface area contributed by atoms with Crippen LogP contribution in [0.1, 0.15) is 46.3 Å². The summed E-state index contributed by atoms with van der Waals surface area (Å²) in [6.07, 6.45) is 3.30. The Hall–Kier alpha value is -2.23. The van der Waals surface area contributed by atoms with E-state index < -0.39 is 0 Å². The predicted octanol–water partition coefficient (Wildman–Crippen LogP) is 6.92. The van der Waals surface area contributed by atoms with Crippen LogP contribution in [0.25, 0.3) is 0 Å². The minimum Gasteiger partial charge on any atom is -0.195 e. The highest BCUT2D eigenvalue weighted by atomic mass is 79.9. The number of hydrogen-bond donors (Lipinski definition) is 0. The van der Waals surface area contributed by atoms with Gasteiger partial charge in [0.1, 0.15) is 0 Å². The summed E-state index contributed by atoms with van der Waals surface area (Å²) in [6, 6.07) is 33.9. The van der Waals surface area contributed by atoms with Crippen LogP contribution in [0, 0.1) is 0 Å². The summed E-state index contributed by atoms with van der Waals surface area (Å²) in [5.41, 5.74) is 6.93. The van der Waals surface area contributed by atoms with Crippen LogP contribution in [0.15, 0.2) is 106 Å². The van der Waals surface area contributed by atoms with Crippen LogP contribution >= 0.6 is 31.9 Å². The third-order valence-electron chi connectivity index (χ3n) is 6.91. The lowest BCUT2D eigenvalue weighted by Gasteiger charge is -2.50. The molecule has 2 aliphatic heterocycles. The molecule has 4 aromatic rings. The van der Waals surface area contributed by atoms with E-state index in [9.17, 15) is 0 Å². The largest absolute Gasteiger partial charge is 0.195 e. The second-order valence-electron chi connectivity index (χ2n) is 8.31. The average molecular weight is 518 g/mol. The zero-order valence-corrected chi connectivity index (χ0v) is 19.5. The molecular formula is C27H20Br2N+. The van der Waals surface area contributed by atoms with Crippen LogP contribution in [0.2, 0.25) is 0 Å². The fourth-order valence-electron chi connectivity index (χ4n) is 5.80. The van der Waals surface area contributed by atoms with Gasteiger partial charge >= 0.3 is 0 Å². The van der Waals surface area contributed by atoms with Crippen molar-refractivity contribution in [2.45, 2.75) is 23.8 Å². The molecule has 0 saturated carbocycles. The van der Waals surface area contributed by atoms with E-state index >= 15 is 0 Å². The van der Waals surface area contributed by atoms with Crippen LogP contribution in [0.4, 0.5) is 0 Å². The average Bonchev–Trinajstić information content (AvgIpc) is 2.79. The first-order chi connectivity index (χ1) is 14.7. The van der Waals surface area contributed by atoms with Gasteiger partial charge in [-0.25, -0.2) is 0 Å². The first kappa shape index (κ1) is 18.5. The zero-order chi connectivity index (χ0) is 20.3. The molecule has 0 fully saturated rings. The number of nitrogens with zero attached hydrogens (tertiary/aromatic N) is 1. The van der Waals surface area contributed by atoms with Gasteiger partial charge in [-0.3, -0.25) is 0 Å². The molecule has 3 aliphatic rings. The highest BCUT2D eigenvalue weighted by Crippen LogP contribution is 2.59. The van der Waals surface area contributed by atoms with E-state index in [0.717, 1.165) is 15.4 Å². The first-order valence-corrected chi connectivity index (χ1v) is 11.9. The van der Waals surface area contributed by atoms with E-state index in [4.69, 9.17) is 0 Å². The summed E-state index contributed by atoms with van der Waals surface area (Å²) in [6.45, 7) is 0. The second kappa shape index (κ2) is 6.90. The summed E-state index contributed by atoms with van der Waals surface area (Å²) < 4.78 is 4.76. The third kappa shape index (κ3) is 2.55. The summed E-state index contributed by atoms with van der Waals surface area (Å²) in [5, 5.41) is 0. The lowest BCUT2D eigenvalue weighted by Crippen LogP contribution is -2.60. The summed E-state index contributed by atoms with van der Waals surface area (Å²) in [7, 11) is 0. The molecule has 7 rings (SSSR count). The monoisotopic (exact) mass is 516 g/mol. The summed E-state index contributed by atoms with van der Waals surface area (Å²) in [5.74, 6) is 0.253. The van der Waals surface area contributed by atoms with Gasteiger partial charge in [0, 0.05) is 38.5 Å². The van der Waals surface area contributed by atoms with E-state index in [1.165, 1.54) is 27.9 Å². The Morgan fingerprint density at radius 1 is 0.700 bits per heavy atom. The molecule has 0 amide bonds. The second-order valence-corrected chi connectivity index (χ2v) is 10.1. The van der Waals surface area contributed by atoms with Crippen molar-refractivity contribution in [2.24, 2.45) is 0 Å². The molecule has 0 radical (unpaired) electrons. The Labute approximate surface area is 193 Å². The third-order valence-corrected chi connectivity index (χ3v) is 7.89. The van der Waals surface area contributed by atoms with Crippen LogP contribution in [0.3, 0.4) is 0 Å². The van der Waals surface area contributed by atoms with Crippen molar-refractivity contribution in [1.82, 2.24) is 0 Å². The number of pyridine rings is 1. The number of hydrogen-bond acceptors (Lipinski definition) is 0. The number of benzene rings is 3. The van der Waals surface area contributed by atoms with Gasteiger partial charge in [0.05, 0.1) is 5.92 Å². The molecule has 1 aromatic heterocycles. The van der Waals surface area contributed by atoms with Crippen molar-refractivity contribution in [3.8, 4) is 0 Å². The van der Waals surface area contributed by atoms with Crippen LogP contribution < -0.4 is 4.57 Å². The predicted molar refractivity (Wildman–Crippen MR) is 127 cm³/mol. The first-order valence-electron chi connectivity index (χ1n) is 10.3. The quantitative estimate of drug-likeness (QED) is 0.254. The minimum atomic E-state index is -0.131. The molecule has 1 aliphatic carbocycles. The zero-order valence-electron chi connectivity index (χ0n) is 16.3. The number of rotatable bonds is 2. The van der Waals surface area contributed by atoms with E-state index in [-0.39, 0.29) is 11.3 Å². The Morgan fingerprint density at radius 3 is 2.00 bits per heavy atom. The van der Waals surface area contributed by atoms with Gasteiger partial charge in [-0.15, -0.1) is 0 Å². The van der Waals surface area contributed by atoms with Gasteiger partial charge in [-0.1, -0.05) is 86.5 Å². The molecule has 0 spiro atoms. The molecule has 2 unspecified atom stereocenters. The van der Waals surface area contributed by atoms with Crippen molar-refractivity contribution >= 4 is 31.9 Å². The topological polar surface area (TPSA) is 3.88 Å². The molecular weight excluding hydrogens is 498 g/mol. The Kier molecular flexibility index (Phi) is 4.26. The Balaban J connectivity index is 1.73. The number of aromatic nitrogens is 1. The van der Waals surface area contributed by atoms with E-state index in [1.54, 1.807) is 0 Å². The molecule has 30 heavy (non-hydrogen) atoms. The van der Waals surface area contributed by atoms with Gasteiger partial charge in [0.2, 0.25) is 0 Å². The standard InChI is InChI=1S/C27H20Br2N/c28-20-9-5-7-18(15-20)27(19-8-6-10-21(29)16-19)17-25-22-11-1-2-12-23(22)26(27)24-13-3-4-14-30(24)25/h1-16,25-26H,17H2/q+1. The maximum Gasteiger partial charge on any atom is 0.190 e. The fourth-order valence-corrected chi connectivity index (χ4v) is 6.60. The smallest absolute Gasteiger partial charge is 0.190 e. The highest BCUT2D eigenvalue weighted by Gasteiger charge is 2.59. The Morgan fingerprint density at radius 2 is 1.33 bits per heavy atom. The molecule has 146 valence electrons. The minimum absolute atomic E-state index is 0.131.